The van der Waals surface area contributed by atoms with Gasteiger partial charge in [-0.25, -0.2) is 0 Å². The summed E-state index contributed by atoms with van der Waals surface area (Å²) < 4.78 is 10.7. The second kappa shape index (κ2) is 5.31. The van der Waals surface area contributed by atoms with Crippen LogP contribution in [0.2, 0.25) is 5.02 Å². The van der Waals surface area contributed by atoms with Crippen LogP contribution in [0.4, 0.5) is 5.69 Å². The van der Waals surface area contributed by atoms with Gasteiger partial charge >= 0.3 is 0 Å². The fourth-order valence-electron chi connectivity index (χ4n) is 2.08. The Morgan fingerprint density at radius 1 is 1.37 bits per heavy atom. The number of benzene rings is 1. The van der Waals surface area contributed by atoms with E-state index < -0.39 is 0 Å². The molecule has 0 fully saturated rings. The van der Waals surface area contributed by atoms with Gasteiger partial charge in [0.25, 0.3) is 0 Å². The van der Waals surface area contributed by atoms with Crippen molar-refractivity contribution in [2.75, 3.05) is 12.1 Å². The van der Waals surface area contributed by atoms with Gasteiger partial charge in [-0.15, -0.1) is 11.3 Å². The molecule has 0 spiro atoms. The molecule has 0 bridgehead atoms. The molecule has 0 radical (unpaired) electrons. The molecule has 3 rings (SSSR count). The number of hydrogen-bond acceptors (Lipinski definition) is 4. The number of rotatable bonds is 4. The second-order valence-electron chi connectivity index (χ2n) is 4.31. The highest BCUT2D eigenvalue weighted by Crippen LogP contribution is 2.40. The van der Waals surface area contributed by atoms with Crippen LogP contribution in [0.5, 0.6) is 11.5 Å². The van der Waals surface area contributed by atoms with Crippen LogP contribution < -0.4 is 14.8 Å². The molecule has 1 aliphatic rings. The Labute approximate surface area is 121 Å². The summed E-state index contributed by atoms with van der Waals surface area (Å²) in [5, 5.41) is 6.21. The standard InChI is InChI=1S/C14H14ClNO2S/c1-2-10(14-4-3-5-19-14)16-11-7-13-12(6-9(11)15)17-8-18-13/h3-7,10,16H,2,8H2,1H3. The van der Waals surface area contributed by atoms with E-state index in [1.165, 1.54) is 4.88 Å². The molecule has 2 heterocycles. The van der Waals surface area contributed by atoms with Gasteiger partial charge in [-0.1, -0.05) is 24.6 Å². The highest BCUT2D eigenvalue weighted by atomic mass is 35.5. The molecule has 1 atom stereocenters. The Kier molecular flexibility index (Phi) is 3.53. The number of halogens is 1. The first kappa shape index (κ1) is 12.6. The molecule has 19 heavy (non-hydrogen) atoms. The molecule has 0 aliphatic carbocycles. The first-order chi connectivity index (χ1) is 9.28. The van der Waals surface area contributed by atoms with Crippen LogP contribution in [-0.2, 0) is 0 Å². The van der Waals surface area contributed by atoms with E-state index in [0.717, 1.165) is 17.9 Å². The fraction of sp³-hybridized carbons (Fsp3) is 0.286. The average molecular weight is 296 g/mol. The Hall–Kier alpha value is -1.39. The average Bonchev–Trinajstić information content (AvgIpc) is 3.06. The van der Waals surface area contributed by atoms with E-state index in [1.807, 2.05) is 6.07 Å². The fourth-order valence-corrected chi connectivity index (χ4v) is 3.15. The minimum absolute atomic E-state index is 0.261. The van der Waals surface area contributed by atoms with Crippen LogP contribution in [-0.4, -0.2) is 6.79 Å². The predicted octanol–water partition coefficient (Wildman–Crippen LogP) is 4.69. The van der Waals surface area contributed by atoms with Gasteiger partial charge in [0.15, 0.2) is 11.5 Å². The summed E-state index contributed by atoms with van der Waals surface area (Å²) in [6.07, 6.45) is 0.991. The molecule has 1 aromatic heterocycles. The largest absolute Gasteiger partial charge is 0.454 e. The molecular formula is C14H14ClNO2S. The minimum Gasteiger partial charge on any atom is -0.454 e. The lowest BCUT2D eigenvalue weighted by Crippen LogP contribution is -2.08. The molecule has 1 aromatic carbocycles. The van der Waals surface area contributed by atoms with Crippen molar-refractivity contribution in [2.45, 2.75) is 19.4 Å². The van der Waals surface area contributed by atoms with E-state index >= 15 is 0 Å². The Bertz CT molecular complexity index is 571. The van der Waals surface area contributed by atoms with Gasteiger partial charge in [0.2, 0.25) is 6.79 Å². The molecule has 5 heteroatoms. The lowest BCUT2D eigenvalue weighted by Gasteiger charge is -2.18. The van der Waals surface area contributed by atoms with Gasteiger partial charge in [0.1, 0.15) is 0 Å². The summed E-state index contributed by atoms with van der Waals surface area (Å²) in [6, 6.07) is 8.16. The summed E-state index contributed by atoms with van der Waals surface area (Å²) in [6.45, 7) is 2.41. The normalized spacial score (nSPS) is 14.4. The zero-order valence-electron chi connectivity index (χ0n) is 10.5. The Morgan fingerprint density at radius 2 is 2.16 bits per heavy atom. The van der Waals surface area contributed by atoms with Crippen molar-refractivity contribution >= 4 is 28.6 Å². The van der Waals surface area contributed by atoms with Gasteiger partial charge in [0, 0.05) is 17.0 Å². The van der Waals surface area contributed by atoms with Crippen LogP contribution in [0.3, 0.4) is 0 Å². The van der Waals surface area contributed by atoms with E-state index in [0.29, 0.717) is 10.8 Å². The van der Waals surface area contributed by atoms with E-state index in [4.69, 9.17) is 21.1 Å². The SMILES string of the molecule is CCC(Nc1cc2c(cc1Cl)OCO2)c1cccs1. The van der Waals surface area contributed by atoms with E-state index in [2.05, 4.69) is 29.8 Å². The van der Waals surface area contributed by atoms with Gasteiger partial charge in [0.05, 0.1) is 16.8 Å². The van der Waals surface area contributed by atoms with Crippen molar-refractivity contribution in [2.24, 2.45) is 0 Å². The summed E-state index contributed by atoms with van der Waals surface area (Å²) in [7, 11) is 0. The van der Waals surface area contributed by atoms with Crippen LogP contribution in [0.1, 0.15) is 24.3 Å². The number of anilines is 1. The monoisotopic (exact) mass is 295 g/mol. The van der Waals surface area contributed by atoms with Gasteiger partial charge < -0.3 is 14.8 Å². The quantitative estimate of drug-likeness (QED) is 0.887. The van der Waals surface area contributed by atoms with Crippen LogP contribution >= 0.6 is 22.9 Å². The zero-order chi connectivity index (χ0) is 13.2. The lowest BCUT2D eigenvalue weighted by molar-refractivity contribution is 0.174. The zero-order valence-corrected chi connectivity index (χ0v) is 12.1. The van der Waals surface area contributed by atoms with Crippen molar-refractivity contribution in [3.63, 3.8) is 0 Å². The van der Waals surface area contributed by atoms with Crippen molar-refractivity contribution in [3.8, 4) is 11.5 Å². The van der Waals surface area contributed by atoms with Crippen LogP contribution in [0, 0.1) is 0 Å². The van der Waals surface area contributed by atoms with E-state index in [1.54, 1.807) is 17.4 Å². The van der Waals surface area contributed by atoms with Crippen LogP contribution in [0.25, 0.3) is 0 Å². The molecule has 0 saturated carbocycles. The van der Waals surface area contributed by atoms with Crippen molar-refractivity contribution in [1.29, 1.82) is 0 Å². The number of hydrogen-bond donors (Lipinski definition) is 1. The van der Waals surface area contributed by atoms with Gasteiger partial charge in [-0.2, -0.15) is 0 Å². The molecule has 1 unspecified atom stereocenters. The smallest absolute Gasteiger partial charge is 0.231 e. The summed E-state index contributed by atoms with van der Waals surface area (Å²) in [5.74, 6) is 1.45. The first-order valence-corrected chi connectivity index (χ1v) is 7.42. The van der Waals surface area contributed by atoms with Crippen LogP contribution in [0.15, 0.2) is 29.6 Å². The lowest BCUT2D eigenvalue weighted by atomic mass is 10.1. The second-order valence-corrected chi connectivity index (χ2v) is 5.69. The molecule has 100 valence electrons. The molecule has 1 aliphatic heterocycles. The Balaban J connectivity index is 1.86. The minimum atomic E-state index is 0.261. The van der Waals surface area contributed by atoms with Gasteiger partial charge in [-0.3, -0.25) is 0 Å². The third-order valence-corrected chi connectivity index (χ3v) is 4.39. The van der Waals surface area contributed by atoms with Crippen molar-refractivity contribution in [1.82, 2.24) is 0 Å². The van der Waals surface area contributed by atoms with Crippen molar-refractivity contribution < 1.29 is 9.47 Å². The third-order valence-electron chi connectivity index (χ3n) is 3.09. The summed E-state index contributed by atoms with van der Waals surface area (Å²) in [5.41, 5.74) is 0.881. The van der Waals surface area contributed by atoms with Crippen molar-refractivity contribution in [3.05, 3.63) is 39.5 Å². The first-order valence-electron chi connectivity index (χ1n) is 6.17. The predicted molar refractivity (Wildman–Crippen MR) is 78.5 cm³/mol. The number of ether oxygens (including phenoxy) is 2. The molecular weight excluding hydrogens is 282 g/mol. The maximum Gasteiger partial charge on any atom is 0.231 e. The van der Waals surface area contributed by atoms with E-state index in [-0.39, 0.29) is 12.8 Å². The summed E-state index contributed by atoms with van der Waals surface area (Å²) >= 11 is 8.02. The molecule has 2 aromatic rings. The number of nitrogens with one attached hydrogen (secondary N) is 1. The van der Waals surface area contributed by atoms with E-state index in [9.17, 15) is 0 Å². The number of thiophene rings is 1. The highest BCUT2D eigenvalue weighted by molar-refractivity contribution is 7.10. The molecule has 1 N–H and O–H groups in total. The summed E-state index contributed by atoms with van der Waals surface area (Å²) in [4.78, 5) is 1.30. The molecule has 0 amide bonds. The maximum atomic E-state index is 6.28. The third kappa shape index (κ3) is 2.51. The molecule has 3 nitrogen and oxygen atoms in total. The molecule has 0 saturated heterocycles. The highest BCUT2D eigenvalue weighted by Gasteiger charge is 2.18. The number of fused-ring (bicyclic) bond motifs is 1. The Morgan fingerprint density at radius 3 is 2.84 bits per heavy atom. The van der Waals surface area contributed by atoms with Gasteiger partial charge in [-0.05, 0) is 17.9 Å². The topological polar surface area (TPSA) is 30.5 Å². The maximum absolute atomic E-state index is 6.28.